The summed E-state index contributed by atoms with van der Waals surface area (Å²) >= 11 is 3.38. The second kappa shape index (κ2) is 7.52. The first kappa shape index (κ1) is 15.9. The minimum absolute atomic E-state index is 0.115. The van der Waals surface area contributed by atoms with E-state index in [4.69, 9.17) is 5.26 Å². The zero-order valence-corrected chi connectivity index (χ0v) is 13.5. The molecule has 0 spiro atoms. The molecule has 1 heterocycles. The standard InChI is InChI=1S/C15H14BrN5O/c1-10-2-3-11(16)8-12(10)21-14(22)4-5-19-15-13(9-17)18-6-7-20-15/h2-3,6-8H,4-5H2,1H3,(H,19,20)(H,21,22). The fourth-order valence-corrected chi connectivity index (χ4v) is 2.15. The minimum atomic E-state index is -0.115. The highest BCUT2D eigenvalue weighted by Crippen LogP contribution is 2.20. The van der Waals surface area contributed by atoms with Crippen molar-refractivity contribution in [1.82, 2.24) is 9.97 Å². The lowest BCUT2D eigenvalue weighted by Crippen LogP contribution is -2.17. The Hall–Kier alpha value is -2.46. The Bertz CT molecular complexity index is 726. The molecule has 2 N–H and O–H groups in total. The van der Waals surface area contributed by atoms with Crippen molar-refractivity contribution in [2.45, 2.75) is 13.3 Å². The van der Waals surface area contributed by atoms with Gasteiger partial charge < -0.3 is 10.6 Å². The fourth-order valence-electron chi connectivity index (χ4n) is 1.79. The Morgan fingerprint density at radius 2 is 2.14 bits per heavy atom. The van der Waals surface area contributed by atoms with Crippen LogP contribution in [0, 0.1) is 18.3 Å². The van der Waals surface area contributed by atoms with Crippen LogP contribution in [0.5, 0.6) is 0 Å². The number of nitriles is 1. The van der Waals surface area contributed by atoms with Crippen molar-refractivity contribution < 1.29 is 4.79 Å². The van der Waals surface area contributed by atoms with E-state index in [0.717, 1.165) is 15.7 Å². The molecule has 0 aliphatic rings. The highest BCUT2D eigenvalue weighted by molar-refractivity contribution is 9.10. The number of rotatable bonds is 5. The number of halogens is 1. The van der Waals surface area contributed by atoms with Gasteiger partial charge in [0.05, 0.1) is 0 Å². The monoisotopic (exact) mass is 359 g/mol. The number of nitrogens with zero attached hydrogens (tertiary/aromatic N) is 3. The summed E-state index contributed by atoms with van der Waals surface area (Å²) in [4.78, 5) is 19.9. The van der Waals surface area contributed by atoms with Crippen molar-refractivity contribution in [3.63, 3.8) is 0 Å². The first-order valence-electron chi connectivity index (χ1n) is 6.61. The summed E-state index contributed by atoms with van der Waals surface area (Å²) in [6, 6.07) is 7.65. The summed E-state index contributed by atoms with van der Waals surface area (Å²) in [7, 11) is 0. The Kier molecular flexibility index (Phi) is 5.44. The van der Waals surface area contributed by atoms with Crippen molar-refractivity contribution in [2.24, 2.45) is 0 Å². The molecule has 2 aromatic rings. The van der Waals surface area contributed by atoms with E-state index in [1.165, 1.54) is 12.4 Å². The van der Waals surface area contributed by atoms with E-state index in [2.05, 4.69) is 36.5 Å². The smallest absolute Gasteiger partial charge is 0.226 e. The molecule has 0 saturated heterocycles. The SMILES string of the molecule is Cc1ccc(Br)cc1NC(=O)CCNc1nccnc1C#N. The fraction of sp³-hybridized carbons (Fsp3) is 0.200. The van der Waals surface area contributed by atoms with Crippen molar-refractivity contribution >= 4 is 33.3 Å². The maximum atomic E-state index is 12.0. The molecular formula is C15H14BrN5O. The van der Waals surface area contributed by atoms with Gasteiger partial charge in [0, 0.05) is 35.5 Å². The summed E-state index contributed by atoms with van der Waals surface area (Å²) in [5, 5.41) is 14.7. The predicted octanol–water partition coefficient (Wildman–Crippen LogP) is 2.86. The molecule has 0 aliphatic heterocycles. The van der Waals surface area contributed by atoms with Crippen molar-refractivity contribution in [1.29, 1.82) is 5.26 Å². The van der Waals surface area contributed by atoms with Crippen LogP contribution in [-0.4, -0.2) is 22.4 Å². The lowest BCUT2D eigenvalue weighted by atomic mass is 10.2. The molecule has 0 atom stereocenters. The van der Waals surface area contributed by atoms with Gasteiger partial charge in [-0.1, -0.05) is 22.0 Å². The third-order valence-corrected chi connectivity index (χ3v) is 3.42. The molecule has 0 unspecified atom stereocenters. The summed E-state index contributed by atoms with van der Waals surface area (Å²) in [5.74, 6) is 0.271. The van der Waals surface area contributed by atoms with Gasteiger partial charge in [0.1, 0.15) is 6.07 Å². The topological polar surface area (TPSA) is 90.7 Å². The molecule has 0 saturated carbocycles. The molecule has 1 amide bonds. The lowest BCUT2D eigenvalue weighted by molar-refractivity contribution is -0.115. The molecule has 112 valence electrons. The van der Waals surface area contributed by atoms with Gasteiger partial charge in [-0.2, -0.15) is 5.26 Å². The van der Waals surface area contributed by atoms with Crippen LogP contribution in [0.25, 0.3) is 0 Å². The van der Waals surface area contributed by atoms with E-state index in [1.807, 2.05) is 31.2 Å². The Morgan fingerprint density at radius 3 is 2.91 bits per heavy atom. The number of carbonyl (C=O) groups excluding carboxylic acids is 1. The highest BCUT2D eigenvalue weighted by atomic mass is 79.9. The van der Waals surface area contributed by atoms with E-state index in [0.29, 0.717) is 12.4 Å². The van der Waals surface area contributed by atoms with Crippen molar-refractivity contribution in [3.8, 4) is 6.07 Å². The first-order chi connectivity index (χ1) is 10.6. The van der Waals surface area contributed by atoms with Gasteiger partial charge >= 0.3 is 0 Å². The number of hydrogen-bond acceptors (Lipinski definition) is 5. The Morgan fingerprint density at radius 1 is 1.36 bits per heavy atom. The molecule has 22 heavy (non-hydrogen) atoms. The molecule has 6 nitrogen and oxygen atoms in total. The molecular weight excluding hydrogens is 346 g/mol. The number of carbonyl (C=O) groups is 1. The molecule has 2 rings (SSSR count). The predicted molar refractivity (Wildman–Crippen MR) is 87.4 cm³/mol. The molecule has 0 bridgehead atoms. The largest absolute Gasteiger partial charge is 0.367 e. The number of amides is 1. The second-order valence-corrected chi connectivity index (χ2v) is 5.47. The quantitative estimate of drug-likeness (QED) is 0.856. The van der Waals surface area contributed by atoms with Crippen LogP contribution in [0.2, 0.25) is 0 Å². The van der Waals surface area contributed by atoms with Crippen LogP contribution in [0.3, 0.4) is 0 Å². The second-order valence-electron chi connectivity index (χ2n) is 4.55. The van der Waals surface area contributed by atoms with Crippen molar-refractivity contribution in [3.05, 3.63) is 46.3 Å². The molecule has 0 fully saturated rings. The maximum absolute atomic E-state index is 12.0. The molecule has 0 aliphatic carbocycles. The summed E-state index contributed by atoms with van der Waals surface area (Å²) in [6.07, 6.45) is 3.20. The molecule has 1 aromatic heterocycles. The average molecular weight is 360 g/mol. The first-order valence-corrected chi connectivity index (χ1v) is 7.40. The zero-order chi connectivity index (χ0) is 15.9. The van der Waals surface area contributed by atoms with E-state index in [1.54, 1.807) is 0 Å². The highest BCUT2D eigenvalue weighted by Gasteiger charge is 2.07. The van der Waals surface area contributed by atoms with Crippen LogP contribution < -0.4 is 10.6 Å². The summed E-state index contributed by atoms with van der Waals surface area (Å²) in [5.41, 5.74) is 1.98. The Balaban J connectivity index is 1.88. The summed E-state index contributed by atoms with van der Waals surface area (Å²) in [6.45, 7) is 2.30. The van der Waals surface area contributed by atoms with Gasteiger partial charge in [0.15, 0.2) is 11.5 Å². The Labute approximate surface area is 136 Å². The van der Waals surface area contributed by atoms with Gasteiger partial charge in [-0.25, -0.2) is 9.97 Å². The third kappa shape index (κ3) is 4.27. The molecule has 7 heteroatoms. The van der Waals surface area contributed by atoms with Crippen LogP contribution >= 0.6 is 15.9 Å². The van der Waals surface area contributed by atoms with Gasteiger partial charge in [0.25, 0.3) is 0 Å². The van der Waals surface area contributed by atoms with Crippen molar-refractivity contribution in [2.75, 3.05) is 17.2 Å². The maximum Gasteiger partial charge on any atom is 0.226 e. The number of aromatic nitrogens is 2. The van der Waals surface area contributed by atoms with Gasteiger partial charge in [-0.15, -0.1) is 0 Å². The normalized spacial score (nSPS) is 9.86. The van der Waals surface area contributed by atoms with E-state index >= 15 is 0 Å². The minimum Gasteiger partial charge on any atom is -0.367 e. The van der Waals surface area contributed by atoms with Crippen LogP contribution in [0.15, 0.2) is 35.1 Å². The lowest BCUT2D eigenvalue weighted by Gasteiger charge is -2.10. The van der Waals surface area contributed by atoms with Crippen LogP contribution in [0.1, 0.15) is 17.7 Å². The van der Waals surface area contributed by atoms with Gasteiger partial charge in [-0.05, 0) is 24.6 Å². The molecule has 1 aromatic carbocycles. The van der Waals surface area contributed by atoms with Crippen LogP contribution in [-0.2, 0) is 4.79 Å². The average Bonchev–Trinajstić information content (AvgIpc) is 2.51. The molecule has 0 radical (unpaired) electrons. The number of nitrogens with one attached hydrogen (secondary N) is 2. The van der Waals surface area contributed by atoms with Gasteiger partial charge in [0.2, 0.25) is 5.91 Å². The number of anilines is 2. The zero-order valence-electron chi connectivity index (χ0n) is 11.9. The third-order valence-electron chi connectivity index (χ3n) is 2.92. The van der Waals surface area contributed by atoms with Gasteiger partial charge in [-0.3, -0.25) is 4.79 Å². The number of aryl methyl sites for hydroxylation is 1. The van der Waals surface area contributed by atoms with E-state index < -0.39 is 0 Å². The van der Waals surface area contributed by atoms with E-state index in [-0.39, 0.29) is 18.0 Å². The summed E-state index contributed by atoms with van der Waals surface area (Å²) < 4.78 is 0.907. The van der Waals surface area contributed by atoms with Crippen LogP contribution in [0.4, 0.5) is 11.5 Å². The number of benzene rings is 1. The van der Waals surface area contributed by atoms with E-state index in [9.17, 15) is 4.79 Å². The number of hydrogen-bond donors (Lipinski definition) is 2.